The Balaban J connectivity index is 3.98. The van der Waals surface area contributed by atoms with Gasteiger partial charge in [0.05, 0.1) is 7.11 Å². The lowest BCUT2D eigenvalue weighted by Crippen LogP contribution is -2.20. The van der Waals surface area contributed by atoms with Crippen LogP contribution in [0.2, 0.25) is 0 Å². The highest BCUT2D eigenvalue weighted by Gasteiger charge is 2.27. The molecule has 0 bridgehead atoms. The zero-order chi connectivity index (χ0) is 15.4. The first-order chi connectivity index (χ1) is 9.46. The summed E-state index contributed by atoms with van der Waals surface area (Å²) in [6.07, 6.45) is 4.75. The summed E-state index contributed by atoms with van der Waals surface area (Å²) in [5.74, 6) is -2.20. The molecule has 1 atom stereocenters. The number of ether oxygens (including phenoxy) is 1. The van der Waals surface area contributed by atoms with Crippen LogP contribution in [0.1, 0.15) is 65.2 Å². The van der Waals surface area contributed by atoms with Crippen LogP contribution >= 0.6 is 11.8 Å². The molecule has 0 aliphatic heterocycles. The maximum Gasteiger partial charge on any atom is 0.318 e. The second kappa shape index (κ2) is 11.4. The predicted octanol–water partition coefficient (Wildman–Crippen LogP) is 5.06. The van der Waals surface area contributed by atoms with Crippen molar-refractivity contribution in [3.63, 3.8) is 0 Å². The van der Waals surface area contributed by atoms with Gasteiger partial charge in [0.25, 0.3) is 0 Å². The molecule has 120 valence electrons. The minimum absolute atomic E-state index is 0.0470. The molecule has 0 aliphatic rings. The number of halogens is 2. The number of hydrogen-bond donors (Lipinski definition) is 0. The Labute approximate surface area is 126 Å². The van der Waals surface area contributed by atoms with Crippen LogP contribution < -0.4 is 0 Å². The maximum atomic E-state index is 13.3. The Bertz CT molecular complexity index is 260. The standard InChI is InChI=1S/C15H28F2O2S/c1-4-6-7-9-13(14(18)19-3)20-12-8-11-15(16,17)10-5-2/h13H,4-12H2,1-3H3. The third-order valence-electron chi connectivity index (χ3n) is 3.16. The van der Waals surface area contributed by atoms with Crippen LogP contribution in [-0.4, -0.2) is 30.0 Å². The molecular weight excluding hydrogens is 282 g/mol. The summed E-state index contributed by atoms with van der Waals surface area (Å²) in [7, 11) is 1.38. The summed E-state index contributed by atoms with van der Waals surface area (Å²) >= 11 is 1.46. The number of esters is 1. The van der Waals surface area contributed by atoms with Gasteiger partial charge in [0.1, 0.15) is 5.25 Å². The van der Waals surface area contributed by atoms with Crippen LogP contribution in [0.5, 0.6) is 0 Å². The molecule has 1 unspecified atom stereocenters. The molecule has 0 heterocycles. The molecule has 0 saturated heterocycles. The fourth-order valence-corrected chi connectivity index (χ4v) is 3.19. The first-order valence-electron chi connectivity index (χ1n) is 7.54. The van der Waals surface area contributed by atoms with Crippen molar-refractivity contribution in [3.8, 4) is 0 Å². The lowest BCUT2D eigenvalue weighted by Gasteiger charge is -2.17. The predicted molar refractivity (Wildman–Crippen MR) is 81.5 cm³/mol. The third kappa shape index (κ3) is 9.56. The fraction of sp³-hybridized carbons (Fsp3) is 0.933. The van der Waals surface area contributed by atoms with Crippen LogP contribution in [0.15, 0.2) is 0 Å². The van der Waals surface area contributed by atoms with E-state index < -0.39 is 5.92 Å². The minimum Gasteiger partial charge on any atom is -0.468 e. The van der Waals surface area contributed by atoms with E-state index in [1.807, 2.05) is 0 Å². The largest absolute Gasteiger partial charge is 0.468 e. The molecule has 5 heteroatoms. The Kier molecular flexibility index (Phi) is 11.2. The van der Waals surface area contributed by atoms with E-state index in [9.17, 15) is 13.6 Å². The molecule has 0 aliphatic carbocycles. The summed E-state index contributed by atoms with van der Waals surface area (Å²) in [5.41, 5.74) is 0. The van der Waals surface area contributed by atoms with Gasteiger partial charge in [-0.15, -0.1) is 11.8 Å². The second-order valence-electron chi connectivity index (χ2n) is 5.09. The first-order valence-corrected chi connectivity index (χ1v) is 8.59. The van der Waals surface area contributed by atoms with Crippen molar-refractivity contribution in [2.45, 2.75) is 76.4 Å². The number of thioether (sulfide) groups is 1. The number of carbonyl (C=O) groups excluding carboxylic acids is 1. The van der Waals surface area contributed by atoms with Gasteiger partial charge >= 0.3 is 5.97 Å². The quantitative estimate of drug-likeness (QED) is 0.372. The summed E-state index contributed by atoms with van der Waals surface area (Å²) < 4.78 is 31.4. The lowest BCUT2D eigenvalue weighted by molar-refractivity contribution is -0.140. The molecule has 0 aromatic rings. The molecule has 0 radical (unpaired) electrons. The van der Waals surface area contributed by atoms with Gasteiger partial charge in [-0.2, -0.15) is 0 Å². The summed E-state index contributed by atoms with van der Waals surface area (Å²) in [6, 6.07) is 0. The molecule has 0 N–H and O–H groups in total. The topological polar surface area (TPSA) is 26.3 Å². The highest BCUT2D eigenvalue weighted by atomic mass is 32.2. The van der Waals surface area contributed by atoms with Gasteiger partial charge in [-0.25, -0.2) is 8.78 Å². The van der Waals surface area contributed by atoms with E-state index in [2.05, 4.69) is 6.92 Å². The van der Waals surface area contributed by atoms with Crippen LogP contribution in [-0.2, 0) is 9.53 Å². The zero-order valence-corrected chi connectivity index (χ0v) is 13.7. The number of rotatable bonds is 12. The SMILES string of the molecule is CCCCCC(SCCCC(F)(F)CCC)C(=O)OC. The average molecular weight is 310 g/mol. The fourth-order valence-electron chi connectivity index (χ4n) is 2.03. The van der Waals surface area contributed by atoms with Crippen LogP contribution in [0.4, 0.5) is 8.78 Å². The first kappa shape index (κ1) is 19.7. The van der Waals surface area contributed by atoms with Crippen LogP contribution in [0.25, 0.3) is 0 Å². The van der Waals surface area contributed by atoms with E-state index >= 15 is 0 Å². The maximum absolute atomic E-state index is 13.3. The Morgan fingerprint density at radius 3 is 2.40 bits per heavy atom. The van der Waals surface area contributed by atoms with Gasteiger partial charge in [-0.05, 0) is 18.6 Å². The van der Waals surface area contributed by atoms with Crippen molar-refractivity contribution in [2.24, 2.45) is 0 Å². The monoisotopic (exact) mass is 310 g/mol. The van der Waals surface area contributed by atoms with Gasteiger partial charge in [0, 0.05) is 12.8 Å². The second-order valence-corrected chi connectivity index (χ2v) is 6.40. The molecule has 0 amide bonds. The van der Waals surface area contributed by atoms with E-state index in [0.29, 0.717) is 18.6 Å². The molecule has 20 heavy (non-hydrogen) atoms. The smallest absolute Gasteiger partial charge is 0.318 e. The van der Waals surface area contributed by atoms with Gasteiger partial charge in [-0.3, -0.25) is 4.79 Å². The zero-order valence-electron chi connectivity index (χ0n) is 12.9. The van der Waals surface area contributed by atoms with Crippen molar-refractivity contribution in [2.75, 3.05) is 12.9 Å². The summed E-state index contributed by atoms with van der Waals surface area (Å²) in [6.45, 7) is 3.87. The van der Waals surface area contributed by atoms with Gasteiger partial charge < -0.3 is 4.74 Å². The Morgan fingerprint density at radius 2 is 1.85 bits per heavy atom. The normalized spacial score (nSPS) is 13.2. The molecule has 0 aromatic carbocycles. The van der Waals surface area contributed by atoms with Crippen LogP contribution in [0.3, 0.4) is 0 Å². The Morgan fingerprint density at radius 1 is 1.15 bits per heavy atom. The average Bonchev–Trinajstić information content (AvgIpc) is 2.40. The molecule has 0 rings (SSSR count). The molecule has 2 nitrogen and oxygen atoms in total. The van der Waals surface area contributed by atoms with Crippen LogP contribution in [0, 0.1) is 0 Å². The van der Waals surface area contributed by atoms with Crippen molar-refractivity contribution in [1.29, 1.82) is 0 Å². The van der Waals surface area contributed by atoms with E-state index in [1.165, 1.54) is 18.9 Å². The van der Waals surface area contributed by atoms with Gasteiger partial charge in [0.2, 0.25) is 5.92 Å². The summed E-state index contributed by atoms with van der Waals surface area (Å²) in [4.78, 5) is 11.6. The molecule has 0 fully saturated rings. The minimum atomic E-state index is -2.56. The third-order valence-corrected chi connectivity index (χ3v) is 4.51. The summed E-state index contributed by atoms with van der Waals surface area (Å²) in [5, 5.41) is -0.202. The van der Waals surface area contributed by atoms with E-state index in [0.717, 1.165) is 25.7 Å². The highest BCUT2D eigenvalue weighted by Crippen LogP contribution is 2.28. The Hall–Kier alpha value is -0.320. The van der Waals surface area contributed by atoms with Gasteiger partial charge in [0.15, 0.2) is 0 Å². The highest BCUT2D eigenvalue weighted by molar-refractivity contribution is 8.00. The van der Waals surface area contributed by atoms with E-state index in [-0.39, 0.29) is 24.1 Å². The van der Waals surface area contributed by atoms with Crippen molar-refractivity contribution in [1.82, 2.24) is 0 Å². The van der Waals surface area contributed by atoms with Gasteiger partial charge in [-0.1, -0.05) is 39.5 Å². The van der Waals surface area contributed by atoms with Crippen molar-refractivity contribution >= 4 is 17.7 Å². The number of unbranched alkanes of at least 4 members (excludes halogenated alkanes) is 2. The number of carbonyl (C=O) groups is 1. The van der Waals surface area contributed by atoms with Crippen molar-refractivity contribution in [3.05, 3.63) is 0 Å². The lowest BCUT2D eigenvalue weighted by atomic mass is 10.1. The van der Waals surface area contributed by atoms with E-state index in [4.69, 9.17) is 4.74 Å². The van der Waals surface area contributed by atoms with E-state index in [1.54, 1.807) is 6.92 Å². The molecule has 0 saturated carbocycles. The molecule has 0 aromatic heterocycles. The number of hydrogen-bond acceptors (Lipinski definition) is 3. The number of alkyl halides is 2. The molecule has 0 spiro atoms. The van der Waals surface area contributed by atoms with Crippen molar-refractivity contribution < 1.29 is 18.3 Å². The molecular formula is C15H28F2O2S. The number of methoxy groups -OCH3 is 1.